The molecule has 100 valence electrons. The third-order valence-corrected chi connectivity index (χ3v) is 2.72. The Balaban J connectivity index is 2.82. The fraction of sp³-hybridized carbons (Fsp3) is 0.462. The Labute approximate surface area is 111 Å². The van der Waals surface area contributed by atoms with Crippen LogP contribution in [0.1, 0.15) is 26.7 Å². The van der Waals surface area contributed by atoms with Gasteiger partial charge in [0.25, 0.3) is 0 Å². The van der Waals surface area contributed by atoms with Gasteiger partial charge in [0, 0.05) is 0 Å². The smallest absolute Gasteiger partial charge is 0.328 e. The molecule has 0 bridgehead atoms. The zero-order chi connectivity index (χ0) is 13.5. The number of halogens is 2. The highest BCUT2D eigenvalue weighted by Crippen LogP contribution is 2.23. The van der Waals surface area contributed by atoms with Crippen LogP contribution in [0.3, 0.4) is 0 Å². The van der Waals surface area contributed by atoms with Gasteiger partial charge in [-0.2, -0.15) is 0 Å². The zero-order valence-electron chi connectivity index (χ0n) is 10.5. The quantitative estimate of drug-likeness (QED) is 0.805. The van der Waals surface area contributed by atoms with Crippen molar-refractivity contribution in [3.8, 4) is 0 Å². The molecule has 0 aromatic heterocycles. The molecule has 0 spiro atoms. The summed E-state index contributed by atoms with van der Waals surface area (Å²) in [5.74, 6) is -0.928. The Morgan fingerprint density at radius 3 is 2.83 bits per heavy atom. The fourth-order valence-electron chi connectivity index (χ4n) is 1.58. The molecular weight excluding hydrogens is 257 g/mol. The van der Waals surface area contributed by atoms with Gasteiger partial charge in [0.1, 0.15) is 6.04 Å². The molecule has 1 N–H and O–H groups in total. The summed E-state index contributed by atoms with van der Waals surface area (Å²) in [6.45, 7) is 3.99. The summed E-state index contributed by atoms with van der Waals surface area (Å²) < 4.78 is 18.6. The van der Waals surface area contributed by atoms with E-state index in [1.807, 2.05) is 6.92 Å². The van der Waals surface area contributed by atoms with Gasteiger partial charge >= 0.3 is 5.97 Å². The van der Waals surface area contributed by atoms with Gasteiger partial charge in [-0.05, 0) is 25.5 Å². The summed E-state index contributed by atoms with van der Waals surface area (Å²) in [5.41, 5.74) is 0.217. The third-order valence-electron chi connectivity index (χ3n) is 2.43. The molecule has 0 saturated carbocycles. The van der Waals surface area contributed by atoms with Crippen molar-refractivity contribution in [3.05, 3.63) is 29.0 Å². The first-order valence-corrected chi connectivity index (χ1v) is 6.35. The third kappa shape index (κ3) is 3.88. The number of ether oxygens (including phenoxy) is 1. The van der Waals surface area contributed by atoms with Crippen LogP contribution in [-0.2, 0) is 9.53 Å². The number of benzene rings is 1. The Morgan fingerprint density at radius 2 is 2.22 bits per heavy atom. The van der Waals surface area contributed by atoms with E-state index in [9.17, 15) is 9.18 Å². The van der Waals surface area contributed by atoms with E-state index in [1.54, 1.807) is 19.1 Å². The first-order valence-electron chi connectivity index (χ1n) is 5.97. The van der Waals surface area contributed by atoms with Gasteiger partial charge in [-0.15, -0.1) is 0 Å². The molecule has 0 aliphatic rings. The van der Waals surface area contributed by atoms with Crippen molar-refractivity contribution in [1.29, 1.82) is 0 Å². The minimum atomic E-state index is -0.553. The van der Waals surface area contributed by atoms with E-state index in [1.165, 1.54) is 6.07 Å². The lowest BCUT2D eigenvalue weighted by molar-refractivity contribution is -0.144. The molecular formula is C13H17ClFNO2. The van der Waals surface area contributed by atoms with Crippen LogP contribution in [-0.4, -0.2) is 18.6 Å². The maximum Gasteiger partial charge on any atom is 0.328 e. The van der Waals surface area contributed by atoms with E-state index in [0.29, 0.717) is 13.0 Å². The van der Waals surface area contributed by atoms with Gasteiger partial charge in [0.15, 0.2) is 5.82 Å². The number of esters is 1. The Morgan fingerprint density at radius 1 is 1.50 bits per heavy atom. The highest BCUT2D eigenvalue weighted by atomic mass is 35.5. The van der Waals surface area contributed by atoms with E-state index >= 15 is 0 Å². The van der Waals surface area contributed by atoms with E-state index in [-0.39, 0.29) is 16.7 Å². The number of carbonyl (C=O) groups is 1. The molecule has 1 atom stereocenters. The Hall–Kier alpha value is -1.29. The first-order chi connectivity index (χ1) is 8.60. The second-order valence-electron chi connectivity index (χ2n) is 3.84. The van der Waals surface area contributed by atoms with Crippen molar-refractivity contribution in [2.45, 2.75) is 32.7 Å². The largest absolute Gasteiger partial charge is 0.464 e. The minimum Gasteiger partial charge on any atom is -0.464 e. The van der Waals surface area contributed by atoms with Crippen molar-refractivity contribution < 1.29 is 13.9 Å². The van der Waals surface area contributed by atoms with Gasteiger partial charge in [-0.25, -0.2) is 9.18 Å². The molecule has 0 heterocycles. The number of anilines is 1. The standard InChI is InChI=1S/C13H17ClFNO2/c1-3-6-11(13(17)18-4-2)16-10-8-5-7-9(14)12(10)15/h5,7-8,11,16H,3-4,6H2,1-2H3. The molecule has 0 aliphatic carbocycles. The van der Waals surface area contributed by atoms with E-state index in [2.05, 4.69) is 5.32 Å². The van der Waals surface area contributed by atoms with Crippen LogP contribution < -0.4 is 5.32 Å². The molecule has 1 unspecified atom stereocenters. The van der Waals surface area contributed by atoms with Crippen molar-refractivity contribution in [2.24, 2.45) is 0 Å². The van der Waals surface area contributed by atoms with Crippen LogP contribution in [0.5, 0.6) is 0 Å². The molecule has 1 rings (SSSR count). The van der Waals surface area contributed by atoms with Gasteiger partial charge in [0.05, 0.1) is 17.3 Å². The predicted octanol–water partition coefficient (Wildman–Crippen LogP) is 3.62. The van der Waals surface area contributed by atoms with Gasteiger partial charge in [-0.3, -0.25) is 0 Å². The molecule has 0 fully saturated rings. The molecule has 0 amide bonds. The van der Waals surface area contributed by atoms with Crippen molar-refractivity contribution in [1.82, 2.24) is 0 Å². The molecule has 0 saturated heterocycles. The molecule has 18 heavy (non-hydrogen) atoms. The normalized spacial score (nSPS) is 12.0. The van der Waals surface area contributed by atoms with Crippen LogP contribution in [0.2, 0.25) is 5.02 Å². The highest BCUT2D eigenvalue weighted by molar-refractivity contribution is 6.31. The van der Waals surface area contributed by atoms with E-state index < -0.39 is 11.9 Å². The van der Waals surface area contributed by atoms with E-state index in [0.717, 1.165) is 6.42 Å². The van der Waals surface area contributed by atoms with Crippen LogP contribution in [0.4, 0.5) is 10.1 Å². The fourth-order valence-corrected chi connectivity index (χ4v) is 1.76. The van der Waals surface area contributed by atoms with E-state index in [4.69, 9.17) is 16.3 Å². The summed E-state index contributed by atoms with van der Waals surface area (Å²) in [5, 5.41) is 2.87. The molecule has 5 heteroatoms. The number of hydrogen-bond donors (Lipinski definition) is 1. The van der Waals surface area contributed by atoms with Crippen LogP contribution in [0.25, 0.3) is 0 Å². The predicted molar refractivity (Wildman–Crippen MR) is 70.4 cm³/mol. The monoisotopic (exact) mass is 273 g/mol. The summed E-state index contributed by atoms with van der Waals surface area (Å²) in [4.78, 5) is 11.7. The zero-order valence-corrected chi connectivity index (χ0v) is 11.3. The first kappa shape index (κ1) is 14.8. The van der Waals surface area contributed by atoms with Crippen molar-refractivity contribution in [2.75, 3.05) is 11.9 Å². The number of rotatable bonds is 6. The highest BCUT2D eigenvalue weighted by Gasteiger charge is 2.20. The van der Waals surface area contributed by atoms with Gasteiger partial charge in [0.2, 0.25) is 0 Å². The topological polar surface area (TPSA) is 38.3 Å². The van der Waals surface area contributed by atoms with Crippen molar-refractivity contribution in [3.63, 3.8) is 0 Å². The van der Waals surface area contributed by atoms with Crippen LogP contribution in [0, 0.1) is 5.82 Å². The number of nitrogens with one attached hydrogen (secondary N) is 1. The van der Waals surface area contributed by atoms with Crippen LogP contribution in [0.15, 0.2) is 18.2 Å². The summed E-state index contributed by atoms with van der Waals surface area (Å²) in [7, 11) is 0. The minimum absolute atomic E-state index is 0.0270. The SMILES string of the molecule is CCCC(Nc1cccc(Cl)c1F)C(=O)OCC. The Bertz CT molecular complexity index is 412. The van der Waals surface area contributed by atoms with Crippen molar-refractivity contribution >= 4 is 23.3 Å². The molecule has 1 aromatic rings. The molecule has 1 aromatic carbocycles. The second kappa shape index (κ2) is 7.21. The second-order valence-corrected chi connectivity index (χ2v) is 4.25. The average molecular weight is 274 g/mol. The summed E-state index contributed by atoms with van der Waals surface area (Å²) in [6, 6.07) is 4.08. The summed E-state index contributed by atoms with van der Waals surface area (Å²) in [6.07, 6.45) is 1.36. The average Bonchev–Trinajstić information content (AvgIpc) is 2.34. The molecule has 0 radical (unpaired) electrons. The molecule has 3 nitrogen and oxygen atoms in total. The Kier molecular flexibility index (Phi) is 5.92. The lowest BCUT2D eigenvalue weighted by Crippen LogP contribution is -2.31. The number of hydrogen-bond acceptors (Lipinski definition) is 3. The maximum atomic E-state index is 13.7. The van der Waals surface area contributed by atoms with Gasteiger partial charge < -0.3 is 10.1 Å². The molecule has 0 aliphatic heterocycles. The van der Waals surface area contributed by atoms with Gasteiger partial charge in [-0.1, -0.05) is 31.0 Å². The lowest BCUT2D eigenvalue weighted by atomic mass is 10.1. The maximum absolute atomic E-state index is 13.7. The van der Waals surface area contributed by atoms with Crippen LogP contribution >= 0.6 is 11.6 Å². The lowest BCUT2D eigenvalue weighted by Gasteiger charge is -2.18. The number of carbonyl (C=O) groups excluding carboxylic acids is 1. The summed E-state index contributed by atoms with van der Waals surface area (Å²) >= 11 is 5.68.